The number of benzene rings is 1. The number of likely N-dealkylation sites (tertiary alicyclic amines) is 1. The molecule has 1 aromatic rings. The minimum Gasteiger partial charge on any atom is -0.490 e. The van der Waals surface area contributed by atoms with Crippen LogP contribution in [0.3, 0.4) is 0 Å². The van der Waals surface area contributed by atoms with Gasteiger partial charge in [-0.1, -0.05) is 0 Å². The van der Waals surface area contributed by atoms with Gasteiger partial charge in [-0.05, 0) is 24.3 Å². The summed E-state index contributed by atoms with van der Waals surface area (Å²) in [5.74, 6) is 0.640. The SMILES string of the molecule is CNC(=O)c1ccc(OC2CCN(C(=O)NC)CC2)cc1. The fourth-order valence-electron chi connectivity index (χ4n) is 2.36. The van der Waals surface area contributed by atoms with Crippen LogP contribution in [0.1, 0.15) is 23.2 Å². The molecule has 114 valence electrons. The van der Waals surface area contributed by atoms with E-state index < -0.39 is 0 Å². The fraction of sp³-hybridized carbons (Fsp3) is 0.467. The third-order valence-electron chi connectivity index (χ3n) is 3.59. The van der Waals surface area contributed by atoms with Crippen molar-refractivity contribution < 1.29 is 14.3 Å². The van der Waals surface area contributed by atoms with Crippen molar-refractivity contribution in [3.63, 3.8) is 0 Å². The first-order chi connectivity index (χ1) is 10.1. The molecule has 0 aromatic heterocycles. The molecule has 0 unspecified atom stereocenters. The Bertz CT molecular complexity index is 493. The van der Waals surface area contributed by atoms with E-state index in [0.717, 1.165) is 18.6 Å². The van der Waals surface area contributed by atoms with Crippen molar-refractivity contribution in [3.05, 3.63) is 29.8 Å². The molecule has 3 amide bonds. The van der Waals surface area contributed by atoms with Crippen molar-refractivity contribution in [2.75, 3.05) is 27.2 Å². The minimum atomic E-state index is -0.111. The van der Waals surface area contributed by atoms with Gasteiger partial charge in [0.25, 0.3) is 5.91 Å². The summed E-state index contributed by atoms with van der Waals surface area (Å²) in [5.41, 5.74) is 0.610. The fourth-order valence-corrected chi connectivity index (χ4v) is 2.36. The first kappa shape index (κ1) is 15.2. The number of hydrogen-bond donors (Lipinski definition) is 2. The Morgan fingerprint density at radius 3 is 2.24 bits per heavy atom. The van der Waals surface area contributed by atoms with Gasteiger partial charge >= 0.3 is 6.03 Å². The molecule has 1 saturated heterocycles. The Morgan fingerprint density at radius 2 is 1.71 bits per heavy atom. The molecule has 2 N–H and O–H groups in total. The number of carbonyl (C=O) groups is 2. The standard InChI is InChI=1S/C15H21N3O3/c1-16-14(19)11-3-5-12(6-4-11)21-13-7-9-18(10-8-13)15(20)17-2/h3-6,13H,7-10H2,1-2H3,(H,16,19)(H,17,20). The number of hydrogen-bond acceptors (Lipinski definition) is 3. The molecule has 21 heavy (non-hydrogen) atoms. The average Bonchev–Trinajstić information content (AvgIpc) is 2.55. The molecule has 2 rings (SSSR count). The van der Waals surface area contributed by atoms with E-state index in [1.165, 1.54) is 0 Å². The van der Waals surface area contributed by atoms with Crippen LogP contribution in [0.4, 0.5) is 4.79 Å². The molecule has 6 heteroatoms. The van der Waals surface area contributed by atoms with Gasteiger partial charge in [0.1, 0.15) is 11.9 Å². The van der Waals surface area contributed by atoms with E-state index in [1.807, 2.05) is 0 Å². The highest BCUT2D eigenvalue weighted by Gasteiger charge is 2.23. The first-order valence-electron chi connectivity index (χ1n) is 7.09. The highest BCUT2D eigenvalue weighted by Crippen LogP contribution is 2.19. The zero-order chi connectivity index (χ0) is 15.2. The topological polar surface area (TPSA) is 70.7 Å². The van der Waals surface area contributed by atoms with Gasteiger partial charge in [-0.25, -0.2) is 4.79 Å². The van der Waals surface area contributed by atoms with Crippen LogP contribution in [0.15, 0.2) is 24.3 Å². The maximum atomic E-state index is 11.5. The van der Waals surface area contributed by atoms with Crippen LogP contribution in [-0.2, 0) is 0 Å². The second-order valence-electron chi connectivity index (χ2n) is 4.96. The Kier molecular flexibility index (Phi) is 5.03. The Balaban J connectivity index is 1.86. The van der Waals surface area contributed by atoms with Gasteiger partial charge in [0.15, 0.2) is 0 Å². The van der Waals surface area contributed by atoms with Crippen molar-refractivity contribution >= 4 is 11.9 Å². The number of urea groups is 1. The van der Waals surface area contributed by atoms with E-state index in [9.17, 15) is 9.59 Å². The number of ether oxygens (including phenoxy) is 1. The lowest BCUT2D eigenvalue weighted by Crippen LogP contribution is -2.45. The predicted octanol–water partition coefficient (Wildman–Crippen LogP) is 1.23. The van der Waals surface area contributed by atoms with Crippen molar-refractivity contribution in [2.24, 2.45) is 0 Å². The molecule has 0 atom stereocenters. The largest absolute Gasteiger partial charge is 0.490 e. The molecule has 0 radical (unpaired) electrons. The molecular formula is C15H21N3O3. The minimum absolute atomic E-state index is 0.0385. The molecular weight excluding hydrogens is 270 g/mol. The van der Waals surface area contributed by atoms with E-state index in [-0.39, 0.29) is 18.0 Å². The highest BCUT2D eigenvalue weighted by molar-refractivity contribution is 5.94. The van der Waals surface area contributed by atoms with Gasteiger partial charge in [-0.15, -0.1) is 0 Å². The molecule has 1 heterocycles. The second-order valence-corrected chi connectivity index (χ2v) is 4.96. The van der Waals surface area contributed by atoms with E-state index in [2.05, 4.69) is 10.6 Å². The normalized spacial score (nSPS) is 15.4. The van der Waals surface area contributed by atoms with Crippen molar-refractivity contribution in [3.8, 4) is 5.75 Å². The van der Waals surface area contributed by atoms with Gasteiger partial charge in [-0.3, -0.25) is 4.79 Å². The molecule has 0 spiro atoms. The summed E-state index contributed by atoms with van der Waals surface area (Å²) in [5, 5.41) is 5.21. The Labute approximate surface area is 124 Å². The lowest BCUT2D eigenvalue weighted by molar-refractivity contribution is 0.0963. The monoisotopic (exact) mass is 291 g/mol. The smallest absolute Gasteiger partial charge is 0.317 e. The van der Waals surface area contributed by atoms with Gasteiger partial charge < -0.3 is 20.3 Å². The lowest BCUT2D eigenvalue weighted by atomic mass is 10.1. The maximum Gasteiger partial charge on any atom is 0.317 e. The van der Waals surface area contributed by atoms with Crippen LogP contribution in [0.2, 0.25) is 0 Å². The summed E-state index contributed by atoms with van der Waals surface area (Å²) in [6, 6.07) is 7.05. The number of nitrogens with zero attached hydrogens (tertiary/aromatic N) is 1. The van der Waals surface area contributed by atoms with Crippen LogP contribution in [0, 0.1) is 0 Å². The molecule has 1 fully saturated rings. The predicted molar refractivity (Wildman–Crippen MR) is 79.5 cm³/mol. The van der Waals surface area contributed by atoms with Gasteiger partial charge in [0.05, 0.1) is 0 Å². The first-order valence-corrected chi connectivity index (χ1v) is 7.09. The van der Waals surface area contributed by atoms with Crippen LogP contribution in [0.25, 0.3) is 0 Å². The van der Waals surface area contributed by atoms with Crippen LogP contribution >= 0.6 is 0 Å². The second kappa shape index (κ2) is 6.97. The summed E-state index contributed by atoms with van der Waals surface area (Å²) in [4.78, 5) is 24.7. The van der Waals surface area contributed by atoms with E-state index >= 15 is 0 Å². The van der Waals surface area contributed by atoms with Crippen LogP contribution in [0.5, 0.6) is 5.75 Å². The maximum absolute atomic E-state index is 11.5. The Morgan fingerprint density at radius 1 is 1.10 bits per heavy atom. The van der Waals surface area contributed by atoms with Crippen LogP contribution < -0.4 is 15.4 Å². The summed E-state index contributed by atoms with van der Waals surface area (Å²) < 4.78 is 5.90. The van der Waals surface area contributed by atoms with E-state index in [0.29, 0.717) is 18.7 Å². The summed E-state index contributed by atoms with van der Waals surface area (Å²) in [7, 11) is 3.24. The number of rotatable bonds is 3. The quantitative estimate of drug-likeness (QED) is 0.880. The van der Waals surface area contributed by atoms with Gasteiger partial charge in [0, 0.05) is 45.6 Å². The summed E-state index contributed by atoms with van der Waals surface area (Å²) >= 11 is 0. The molecule has 0 aliphatic carbocycles. The van der Waals surface area contributed by atoms with E-state index in [1.54, 1.807) is 43.3 Å². The Hall–Kier alpha value is -2.24. The molecule has 0 saturated carbocycles. The number of amides is 3. The van der Waals surface area contributed by atoms with Crippen molar-refractivity contribution in [2.45, 2.75) is 18.9 Å². The molecule has 1 aliphatic rings. The van der Waals surface area contributed by atoms with Crippen molar-refractivity contribution in [1.82, 2.24) is 15.5 Å². The molecule has 0 bridgehead atoms. The lowest BCUT2D eigenvalue weighted by Gasteiger charge is -2.31. The third-order valence-corrected chi connectivity index (χ3v) is 3.59. The zero-order valence-corrected chi connectivity index (χ0v) is 12.4. The van der Waals surface area contributed by atoms with Gasteiger partial charge in [-0.2, -0.15) is 0 Å². The third kappa shape index (κ3) is 3.87. The number of carbonyl (C=O) groups excluding carboxylic acids is 2. The van der Waals surface area contributed by atoms with Crippen LogP contribution in [-0.4, -0.2) is 50.1 Å². The van der Waals surface area contributed by atoms with Crippen molar-refractivity contribution in [1.29, 1.82) is 0 Å². The molecule has 1 aromatic carbocycles. The van der Waals surface area contributed by atoms with E-state index in [4.69, 9.17) is 4.74 Å². The highest BCUT2D eigenvalue weighted by atomic mass is 16.5. The van der Waals surface area contributed by atoms with Gasteiger partial charge in [0.2, 0.25) is 0 Å². The summed E-state index contributed by atoms with van der Waals surface area (Å²) in [6.07, 6.45) is 1.73. The number of piperidine rings is 1. The molecule has 1 aliphatic heterocycles. The molecule has 6 nitrogen and oxygen atoms in total. The zero-order valence-electron chi connectivity index (χ0n) is 12.4. The summed E-state index contributed by atoms with van der Waals surface area (Å²) in [6.45, 7) is 1.39. The average molecular weight is 291 g/mol. The number of nitrogens with one attached hydrogen (secondary N) is 2.